The number of amidine groups is 1. The lowest BCUT2D eigenvalue weighted by molar-refractivity contribution is -0.383. The molecule has 0 aliphatic carbocycles. The summed E-state index contributed by atoms with van der Waals surface area (Å²) >= 11 is 5.56. The Bertz CT molecular complexity index is 642. The van der Waals surface area contributed by atoms with Crippen molar-refractivity contribution in [2.75, 3.05) is 5.88 Å². The molecule has 92 valence electrons. The predicted octanol–water partition coefficient (Wildman–Crippen LogP) is 2.37. The van der Waals surface area contributed by atoms with Gasteiger partial charge >= 0.3 is 0 Å². The van der Waals surface area contributed by atoms with Crippen molar-refractivity contribution in [2.24, 2.45) is 10.7 Å². The summed E-state index contributed by atoms with van der Waals surface area (Å²) in [7, 11) is 0. The van der Waals surface area contributed by atoms with Crippen LogP contribution in [0.1, 0.15) is 0 Å². The van der Waals surface area contributed by atoms with Gasteiger partial charge in [-0.25, -0.2) is 4.99 Å². The highest BCUT2D eigenvalue weighted by Crippen LogP contribution is 2.32. The molecule has 0 saturated carbocycles. The summed E-state index contributed by atoms with van der Waals surface area (Å²) in [4.78, 5) is 18.5. The first-order valence-corrected chi connectivity index (χ1v) is 5.57. The Morgan fingerprint density at radius 3 is 2.89 bits per heavy atom. The van der Waals surface area contributed by atoms with Crippen LogP contribution in [0.3, 0.4) is 0 Å². The number of nitrogens with two attached hydrogens (primary N) is 1. The minimum Gasteiger partial charge on any atom is -0.386 e. The van der Waals surface area contributed by atoms with Gasteiger partial charge in [-0.3, -0.25) is 15.1 Å². The lowest BCUT2D eigenvalue weighted by Crippen LogP contribution is -2.12. The number of fused-ring (bicyclic) bond motifs is 1. The average molecular weight is 265 g/mol. The Kier molecular flexibility index (Phi) is 3.38. The molecular formula is C11H9ClN4O2. The average Bonchev–Trinajstić information content (AvgIpc) is 2.38. The number of non-ortho nitro benzene ring substituents is 1. The zero-order chi connectivity index (χ0) is 13.1. The minimum absolute atomic E-state index is 0.01000. The summed E-state index contributed by atoms with van der Waals surface area (Å²) in [5.74, 6) is 0.342. The molecule has 0 radical (unpaired) electrons. The van der Waals surface area contributed by atoms with Gasteiger partial charge < -0.3 is 5.73 Å². The Labute approximate surface area is 107 Å². The molecule has 0 unspecified atom stereocenters. The van der Waals surface area contributed by atoms with E-state index < -0.39 is 4.92 Å². The van der Waals surface area contributed by atoms with E-state index in [0.717, 1.165) is 0 Å². The molecule has 18 heavy (non-hydrogen) atoms. The van der Waals surface area contributed by atoms with Crippen LogP contribution in [0.2, 0.25) is 0 Å². The van der Waals surface area contributed by atoms with E-state index in [9.17, 15) is 10.1 Å². The minimum atomic E-state index is -0.444. The van der Waals surface area contributed by atoms with Crippen molar-refractivity contribution < 1.29 is 4.92 Å². The van der Waals surface area contributed by atoms with Crippen LogP contribution in [-0.4, -0.2) is 21.6 Å². The Balaban J connectivity index is 2.72. The summed E-state index contributed by atoms with van der Waals surface area (Å²) in [6.07, 6.45) is 3.01. The predicted molar refractivity (Wildman–Crippen MR) is 70.4 cm³/mol. The van der Waals surface area contributed by atoms with E-state index >= 15 is 0 Å². The number of alkyl halides is 1. The molecule has 0 fully saturated rings. The number of nitrogens with zero attached hydrogens (tertiary/aromatic N) is 3. The molecule has 1 aromatic carbocycles. The normalized spacial score (nSPS) is 11.7. The van der Waals surface area contributed by atoms with Crippen LogP contribution in [0.15, 0.2) is 35.6 Å². The maximum Gasteiger partial charge on any atom is 0.277 e. The maximum atomic E-state index is 10.9. The van der Waals surface area contributed by atoms with Crippen LogP contribution >= 0.6 is 11.6 Å². The van der Waals surface area contributed by atoms with Gasteiger partial charge in [-0.1, -0.05) is 0 Å². The van der Waals surface area contributed by atoms with E-state index in [0.29, 0.717) is 16.5 Å². The van der Waals surface area contributed by atoms with Gasteiger partial charge in [0.1, 0.15) is 5.84 Å². The van der Waals surface area contributed by atoms with Crippen LogP contribution in [0.5, 0.6) is 0 Å². The van der Waals surface area contributed by atoms with Gasteiger partial charge in [0.25, 0.3) is 5.69 Å². The quantitative estimate of drug-likeness (QED) is 0.303. The summed E-state index contributed by atoms with van der Waals surface area (Å²) < 4.78 is 0. The molecule has 0 saturated heterocycles. The highest BCUT2D eigenvalue weighted by Gasteiger charge is 2.13. The molecule has 0 atom stereocenters. The molecule has 0 aliphatic rings. The lowest BCUT2D eigenvalue weighted by atomic mass is 10.1. The molecule has 2 N–H and O–H groups in total. The fraction of sp³-hybridized carbons (Fsp3) is 0.0909. The van der Waals surface area contributed by atoms with Crippen molar-refractivity contribution in [3.8, 4) is 0 Å². The third-order valence-electron chi connectivity index (χ3n) is 2.37. The van der Waals surface area contributed by atoms with Gasteiger partial charge in [-0.15, -0.1) is 11.6 Å². The zero-order valence-electron chi connectivity index (χ0n) is 9.21. The number of aliphatic imine (C=N–C) groups is 1. The second kappa shape index (κ2) is 4.97. The number of pyridine rings is 1. The zero-order valence-corrected chi connectivity index (χ0v) is 9.96. The van der Waals surface area contributed by atoms with Crippen molar-refractivity contribution in [1.82, 2.24) is 4.98 Å². The number of rotatable bonds is 3. The topological polar surface area (TPSA) is 94.4 Å². The number of hydrogen-bond acceptors (Lipinski definition) is 4. The molecule has 0 bridgehead atoms. The highest BCUT2D eigenvalue weighted by atomic mass is 35.5. The number of nitro benzene ring substituents is 1. The summed E-state index contributed by atoms with van der Waals surface area (Å²) in [5.41, 5.74) is 6.08. The summed E-state index contributed by atoms with van der Waals surface area (Å²) in [6, 6.07) is 4.49. The third kappa shape index (κ3) is 2.23. The van der Waals surface area contributed by atoms with Gasteiger partial charge in [0.05, 0.1) is 21.9 Å². The van der Waals surface area contributed by atoms with E-state index in [1.807, 2.05) is 0 Å². The third-order valence-corrected chi connectivity index (χ3v) is 2.64. The monoisotopic (exact) mass is 264 g/mol. The van der Waals surface area contributed by atoms with E-state index in [4.69, 9.17) is 17.3 Å². The number of benzene rings is 1. The van der Waals surface area contributed by atoms with Crippen LogP contribution in [-0.2, 0) is 0 Å². The van der Waals surface area contributed by atoms with E-state index in [2.05, 4.69) is 9.98 Å². The summed E-state index contributed by atoms with van der Waals surface area (Å²) in [6.45, 7) is 0. The second-order valence-electron chi connectivity index (χ2n) is 3.52. The first kappa shape index (κ1) is 12.3. The largest absolute Gasteiger partial charge is 0.386 e. The van der Waals surface area contributed by atoms with Gasteiger partial charge in [0, 0.05) is 23.8 Å². The SMILES string of the molecule is NC(CCl)=Nc1ccc([N+](=O)[O-])c2ccncc12. The van der Waals surface area contributed by atoms with Gasteiger partial charge in [0.15, 0.2) is 0 Å². The molecule has 2 aromatic rings. The van der Waals surface area contributed by atoms with Crippen LogP contribution in [0.25, 0.3) is 10.8 Å². The molecule has 1 heterocycles. The van der Waals surface area contributed by atoms with E-state index in [1.54, 1.807) is 6.07 Å². The lowest BCUT2D eigenvalue weighted by Gasteiger charge is -2.03. The number of aromatic nitrogens is 1. The van der Waals surface area contributed by atoms with Crippen LogP contribution in [0.4, 0.5) is 11.4 Å². The number of hydrogen-bond donors (Lipinski definition) is 1. The summed E-state index contributed by atoms with van der Waals surface area (Å²) in [5, 5.41) is 11.9. The first-order valence-electron chi connectivity index (χ1n) is 5.03. The molecule has 7 heteroatoms. The standard InChI is InChI=1S/C11H9ClN4O2/c12-5-11(13)15-9-1-2-10(16(17)18)7-3-4-14-6-8(7)9/h1-4,6H,5H2,(H2,13,15). The fourth-order valence-corrected chi connectivity index (χ4v) is 1.66. The second-order valence-corrected chi connectivity index (χ2v) is 3.79. The van der Waals surface area contributed by atoms with E-state index in [1.165, 1.54) is 24.5 Å². The van der Waals surface area contributed by atoms with Gasteiger partial charge in [-0.2, -0.15) is 0 Å². The molecular weight excluding hydrogens is 256 g/mol. The molecule has 0 spiro atoms. The Morgan fingerprint density at radius 2 is 2.22 bits per heavy atom. The molecule has 2 rings (SSSR count). The fourth-order valence-electron chi connectivity index (χ4n) is 1.60. The molecule has 1 aromatic heterocycles. The first-order chi connectivity index (χ1) is 8.63. The molecule has 6 nitrogen and oxygen atoms in total. The van der Waals surface area contributed by atoms with Crippen molar-refractivity contribution in [3.05, 3.63) is 40.7 Å². The van der Waals surface area contributed by atoms with Crippen LogP contribution < -0.4 is 5.73 Å². The van der Waals surface area contributed by atoms with Crippen molar-refractivity contribution >= 4 is 39.6 Å². The Hall–Kier alpha value is -2.21. The number of halogens is 1. The molecule has 0 aliphatic heterocycles. The number of nitro groups is 1. The van der Waals surface area contributed by atoms with Crippen molar-refractivity contribution in [2.45, 2.75) is 0 Å². The van der Waals surface area contributed by atoms with Crippen molar-refractivity contribution in [3.63, 3.8) is 0 Å². The van der Waals surface area contributed by atoms with Gasteiger partial charge in [0.2, 0.25) is 0 Å². The molecule has 0 amide bonds. The van der Waals surface area contributed by atoms with Crippen LogP contribution in [0, 0.1) is 10.1 Å². The van der Waals surface area contributed by atoms with Crippen molar-refractivity contribution in [1.29, 1.82) is 0 Å². The Morgan fingerprint density at radius 1 is 1.44 bits per heavy atom. The maximum absolute atomic E-state index is 10.9. The highest BCUT2D eigenvalue weighted by molar-refractivity contribution is 6.28. The van der Waals surface area contributed by atoms with E-state index in [-0.39, 0.29) is 17.4 Å². The van der Waals surface area contributed by atoms with Gasteiger partial charge in [-0.05, 0) is 12.1 Å². The smallest absolute Gasteiger partial charge is 0.277 e.